The highest BCUT2D eigenvalue weighted by atomic mass is 16.2. The molecule has 0 saturated heterocycles. The molecule has 68 valence electrons. The Kier molecular flexibility index (Phi) is 9.63. The molecular weight excluding hydrogens is 148 g/mol. The molecular formula is C11H18O. The lowest BCUT2D eigenvalue weighted by atomic mass is 10.2. The third kappa shape index (κ3) is 9.26. The van der Waals surface area contributed by atoms with E-state index in [4.69, 9.17) is 5.11 Å². The molecule has 0 aromatic rings. The summed E-state index contributed by atoms with van der Waals surface area (Å²) in [4.78, 5) is 0. The number of rotatable bonds is 5. The van der Waals surface area contributed by atoms with Crippen molar-refractivity contribution in [3.63, 3.8) is 0 Å². The van der Waals surface area contributed by atoms with Crippen LogP contribution in [0.4, 0.5) is 0 Å². The van der Waals surface area contributed by atoms with Gasteiger partial charge in [-0.05, 0) is 12.8 Å². The second kappa shape index (κ2) is 10.3. The Morgan fingerprint density at radius 3 is 2.67 bits per heavy atom. The molecule has 0 aromatic carbocycles. The summed E-state index contributed by atoms with van der Waals surface area (Å²) in [5.74, 6) is 5.44. The van der Waals surface area contributed by atoms with Gasteiger partial charge in [0.25, 0.3) is 0 Å². The van der Waals surface area contributed by atoms with Crippen LogP contribution in [0.15, 0.2) is 12.2 Å². The highest BCUT2D eigenvalue weighted by molar-refractivity contribution is 5.04. The number of aliphatic hydroxyl groups is 1. The van der Waals surface area contributed by atoms with Crippen LogP contribution in [0.3, 0.4) is 0 Å². The van der Waals surface area contributed by atoms with E-state index in [9.17, 15) is 0 Å². The van der Waals surface area contributed by atoms with Crippen molar-refractivity contribution in [2.75, 3.05) is 6.61 Å². The third-order valence-electron chi connectivity index (χ3n) is 1.56. The summed E-state index contributed by atoms with van der Waals surface area (Å²) in [5, 5.41) is 8.34. The Balaban J connectivity index is 3.14. The molecule has 0 aliphatic rings. The molecule has 0 radical (unpaired) electrons. The van der Waals surface area contributed by atoms with Crippen LogP contribution in [0.25, 0.3) is 0 Å². The summed E-state index contributed by atoms with van der Waals surface area (Å²) in [6.07, 6.45) is 10.0. The summed E-state index contributed by atoms with van der Waals surface area (Å²) < 4.78 is 0. The molecule has 1 N–H and O–H groups in total. The maximum absolute atomic E-state index is 8.34. The Morgan fingerprint density at radius 1 is 1.17 bits per heavy atom. The predicted octanol–water partition coefficient (Wildman–Crippen LogP) is 2.51. The lowest BCUT2D eigenvalue weighted by Crippen LogP contribution is -1.72. The molecule has 0 aliphatic heterocycles. The van der Waals surface area contributed by atoms with Gasteiger partial charge in [0.1, 0.15) is 6.61 Å². The Morgan fingerprint density at radius 2 is 2.00 bits per heavy atom. The van der Waals surface area contributed by atoms with Gasteiger partial charge in [0, 0.05) is 6.42 Å². The van der Waals surface area contributed by atoms with E-state index in [0.717, 1.165) is 12.8 Å². The van der Waals surface area contributed by atoms with E-state index < -0.39 is 0 Å². The number of allylic oxidation sites excluding steroid dienone is 2. The van der Waals surface area contributed by atoms with Gasteiger partial charge in [0.2, 0.25) is 0 Å². The first kappa shape index (κ1) is 11.3. The van der Waals surface area contributed by atoms with Crippen molar-refractivity contribution in [1.29, 1.82) is 0 Å². The lowest BCUT2D eigenvalue weighted by molar-refractivity contribution is 0.350. The maximum atomic E-state index is 8.34. The van der Waals surface area contributed by atoms with Crippen molar-refractivity contribution in [3.05, 3.63) is 12.2 Å². The Labute approximate surface area is 75.5 Å². The van der Waals surface area contributed by atoms with Gasteiger partial charge in [0.15, 0.2) is 0 Å². The average molecular weight is 166 g/mol. The van der Waals surface area contributed by atoms with Crippen molar-refractivity contribution in [1.82, 2.24) is 0 Å². The minimum absolute atomic E-state index is 0.0241. The quantitative estimate of drug-likeness (QED) is 0.378. The molecule has 1 nitrogen and oxygen atoms in total. The van der Waals surface area contributed by atoms with Crippen LogP contribution in [0.5, 0.6) is 0 Å². The number of aliphatic hydroxyl groups excluding tert-OH is 1. The van der Waals surface area contributed by atoms with Crippen molar-refractivity contribution in [2.24, 2.45) is 0 Å². The highest BCUT2D eigenvalue weighted by Crippen LogP contribution is 1.99. The van der Waals surface area contributed by atoms with Crippen molar-refractivity contribution in [2.45, 2.75) is 39.0 Å². The fourth-order valence-electron chi connectivity index (χ4n) is 0.900. The Bertz CT molecular complexity index is 160. The molecule has 0 atom stereocenters. The molecule has 1 heteroatoms. The minimum Gasteiger partial charge on any atom is -0.384 e. The summed E-state index contributed by atoms with van der Waals surface area (Å²) in [6.45, 7) is 2.18. The molecule has 0 heterocycles. The van der Waals surface area contributed by atoms with Gasteiger partial charge in [-0.2, -0.15) is 0 Å². The van der Waals surface area contributed by atoms with Crippen molar-refractivity contribution in [3.8, 4) is 11.8 Å². The molecule has 0 fully saturated rings. The van der Waals surface area contributed by atoms with Crippen LogP contribution >= 0.6 is 0 Å². The monoisotopic (exact) mass is 166 g/mol. The third-order valence-corrected chi connectivity index (χ3v) is 1.56. The first-order valence-corrected chi connectivity index (χ1v) is 4.63. The molecule has 0 unspecified atom stereocenters. The summed E-state index contributed by atoms with van der Waals surface area (Å²) in [6, 6.07) is 0. The molecule has 0 spiro atoms. The number of hydrogen-bond acceptors (Lipinski definition) is 1. The van der Waals surface area contributed by atoms with E-state index in [0.29, 0.717) is 0 Å². The molecule has 0 aromatic heterocycles. The molecule has 0 amide bonds. The van der Waals surface area contributed by atoms with E-state index in [2.05, 4.69) is 30.9 Å². The van der Waals surface area contributed by atoms with E-state index in [1.54, 1.807) is 0 Å². The largest absolute Gasteiger partial charge is 0.384 e. The predicted molar refractivity (Wildman–Crippen MR) is 52.8 cm³/mol. The minimum atomic E-state index is -0.0241. The molecule has 12 heavy (non-hydrogen) atoms. The number of unbranched alkanes of at least 4 members (excludes halogenated alkanes) is 3. The van der Waals surface area contributed by atoms with Gasteiger partial charge in [-0.25, -0.2) is 0 Å². The van der Waals surface area contributed by atoms with Gasteiger partial charge in [-0.15, -0.1) is 0 Å². The van der Waals surface area contributed by atoms with Crippen LogP contribution in [0.1, 0.15) is 39.0 Å². The topological polar surface area (TPSA) is 20.2 Å². The van der Waals surface area contributed by atoms with Crippen LogP contribution in [0, 0.1) is 11.8 Å². The summed E-state index contributed by atoms with van der Waals surface area (Å²) in [5.41, 5.74) is 0. The normalized spacial score (nSPS) is 9.83. The van der Waals surface area contributed by atoms with Gasteiger partial charge in [-0.1, -0.05) is 43.8 Å². The van der Waals surface area contributed by atoms with E-state index >= 15 is 0 Å². The van der Waals surface area contributed by atoms with Crippen molar-refractivity contribution < 1.29 is 5.11 Å². The summed E-state index contributed by atoms with van der Waals surface area (Å²) in [7, 11) is 0. The fourth-order valence-corrected chi connectivity index (χ4v) is 0.900. The Hall–Kier alpha value is -0.740. The SMILES string of the molecule is CCCCC/C=C\CC#CCO. The van der Waals surface area contributed by atoms with Gasteiger partial charge < -0.3 is 5.11 Å². The molecule has 0 bridgehead atoms. The van der Waals surface area contributed by atoms with Crippen LogP contribution in [0.2, 0.25) is 0 Å². The van der Waals surface area contributed by atoms with Gasteiger partial charge >= 0.3 is 0 Å². The van der Waals surface area contributed by atoms with Crippen LogP contribution in [-0.2, 0) is 0 Å². The lowest BCUT2D eigenvalue weighted by Gasteiger charge is -1.89. The van der Waals surface area contributed by atoms with E-state index in [1.807, 2.05) is 0 Å². The van der Waals surface area contributed by atoms with E-state index in [-0.39, 0.29) is 6.61 Å². The number of hydrogen-bond donors (Lipinski definition) is 1. The zero-order chi connectivity index (χ0) is 9.07. The average Bonchev–Trinajstić information content (AvgIpc) is 2.10. The van der Waals surface area contributed by atoms with Crippen molar-refractivity contribution >= 4 is 0 Å². The first-order valence-electron chi connectivity index (χ1n) is 4.63. The van der Waals surface area contributed by atoms with Crippen LogP contribution in [-0.4, -0.2) is 11.7 Å². The molecule has 0 saturated carbocycles. The highest BCUT2D eigenvalue weighted by Gasteiger charge is 1.80. The zero-order valence-corrected chi connectivity index (χ0v) is 7.84. The molecule has 0 rings (SSSR count). The fraction of sp³-hybridized carbons (Fsp3) is 0.636. The van der Waals surface area contributed by atoms with E-state index in [1.165, 1.54) is 19.3 Å². The second-order valence-corrected chi connectivity index (χ2v) is 2.68. The zero-order valence-electron chi connectivity index (χ0n) is 7.84. The standard InChI is InChI=1S/C11H18O/c1-2-3-4-5-6-7-8-9-10-11-12/h6-7,12H,2-5,8,11H2,1H3/b7-6-. The second-order valence-electron chi connectivity index (χ2n) is 2.68. The van der Waals surface area contributed by atoms with Crippen LogP contribution < -0.4 is 0 Å². The first-order chi connectivity index (χ1) is 5.91. The smallest absolute Gasteiger partial charge is 0.104 e. The van der Waals surface area contributed by atoms with Gasteiger partial charge in [0.05, 0.1) is 0 Å². The maximum Gasteiger partial charge on any atom is 0.104 e. The van der Waals surface area contributed by atoms with Gasteiger partial charge in [-0.3, -0.25) is 0 Å². The molecule has 0 aliphatic carbocycles. The summed E-state index contributed by atoms with van der Waals surface area (Å²) >= 11 is 0.